The Labute approximate surface area is 200 Å². The summed E-state index contributed by atoms with van der Waals surface area (Å²) in [6, 6.07) is 9.89. The molecule has 0 saturated carbocycles. The van der Waals surface area contributed by atoms with Crippen molar-refractivity contribution in [2.24, 2.45) is 0 Å². The summed E-state index contributed by atoms with van der Waals surface area (Å²) >= 11 is 13.4. The van der Waals surface area contributed by atoms with Crippen LogP contribution in [0.25, 0.3) is 11.1 Å². The molecule has 0 spiro atoms. The Morgan fingerprint density at radius 1 is 1.00 bits per heavy atom. The first-order valence-corrected chi connectivity index (χ1v) is 11.3. The highest BCUT2D eigenvalue weighted by Gasteiger charge is 2.24. The van der Waals surface area contributed by atoms with E-state index >= 15 is 0 Å². The molecule has 0 fully saturated rings. The summed E-state index contributed by atoms with van der Waals surface area (Å²) < 4.78 is 15.8. The number of rotatable bonds is 8. The Hall–Kier alpha value is -2.74. The van der Waals surface area contributed by atoms with Crippen LogP contribution in [0.2, 0.25) is 10.0 Å². The summed E-state index contributed by atoms with van der Waals surface area (Å²) in [6.45, 7) is 2.17. The van der Waals surface area contributed by atoms with E-state index in [1.807, 2.05) is 6.92 Å². The Morgan fingerprint density at radius 2 is 1.75 bits per heavy atom. The molecule has 3 aromatic rings. The number of ether oxygens (including phenoxy) is 3. The average Bonchev–Trinajstić information content (AvgIpc) is 3.22. The fourth-order valence-electron chi connectivity index (χ4n) is 2.95. The van der Waals surface area contributed by atoms with Crippen molar-refractivity contribution in [2.75, 3.05) is 26.1 Å². The molecular weight excluding hydrogens is 473 g/mol. The van der Waals surface area contributed by atoms with Gasteiger partial charge in [-0.25, -0.2) is 4.79 Å². The third-order valence-corrected chi connectivity index (χ3v) is 6.17. The fourth-order valence-corrected chi connectivity index (χ4v) is 4.20. The molecule has 1 aromatic heterocycles. The van der Waals surface area contributed by atoms with E-state index in [4.69, 9.17) is 37.4 Å². The molecule has 0 aliphatic rings. The number of amides is 1. The molecule has 6 nitrogen and oxygen atoms in total. The van der Waals surface area contributed by atoms with E-state index in [0.717, 1.165) is 0 Å². The van der Waals surface area contributed by atoms with Gasteiger partial charge in [0.2, 0.25) is 0 Å². The minimum atomic E-state index is -0.531. The zero-order valence-electron chi connectivity index (χ0n) is 17.7. The number of anilines is 1. The maximum atomic E-state index is 12.9. The molecule has 3 rings (SSSR count). The lowest BCUT2D eigenvalue weighted by molar-refractivity contribution is 0.0507. The maximum absolute atomic E-state index is 12.9. The quantitative estimate of drug-likeness (QED) is 0.359. The van der Waals surface area contributed by atoms with Gasteiger partial charge in [0.15, 0.2) is 11.5 Å². The SMILES string of the molecule is CCCOC(=O)c1c(-c2ccc(Cl)c(Cl)c2)csc1NC(=O)c1ccc(OC)c(OC)c1. The second-order valence-electron chi connectivity index (χ2n) is 6.64. The van der Waals surface area contributed by atoms with E-state index < -0.39 is 11.9 Å². The number of benzene rings is 2. The standard InChI is InChI=1S/C23H21Cl2NO5S/c1-4-9-31-23(28)20-15(13-5-7-16(24)17(25)10-13)12-32-22(20)26-21(27)14-6-8-18(29-2)19(11-14)30-3/h5-8,10-12H,4,9H2,1-3H3,(H,26,27). The summed E-state index contributed by atoms with van der Waals surface area (Å²) in [6.07, 6.45) is 0.672. The molecule has 1 N–H and O–H groups in total. The van der Waals surface area contributed by atoms with E-state index in [9.17, 15) is 9.59 Å². The van der Waals surface area contributed by atoms with E-state index in [2.05, 4.69) is 5.32 Å². The number of hydrogen-bond acceptors (Lipinski definition) is 6. The smallest absolute Gasteiger partial charge is 0.341 e. The van der Waals surface area contributed by atoms with Gasteiger partial charge in [-0.3, -0.25) is 4.79 Å². The van der Waals surface area contributed by atoms with Gasteiger partial charge in [-0.05, 0) is 42.3 Å². The lowest BCUT2D eigenvalue weighted by Gasteiger charge is -2.11. The van der Waals surface area contributed by atoms with E-state index in [1.54, 1.807) is 41.8 Å². The van der Waals surface area contributed by atoms with Crippen molar-refractivity contribution in [2.45, 2.75) is 13.3 Å². The van der Waals surface area contributed by atoms with Crippen molar-refractivity contribution in [3.63, 3.8) is 0 Å². The Balaban J connectivity index is 1.98. The number of hydrogen-bond donors (Lipinski definition) is 1. The first kappa shape index (κ1) is 23.9. The number of carbonyl (C=O) groups is 2. The number of methoxy groups -OCH3 is 2. The molecule has 168 valence electrons. The van der Waals surface area contributed by atoms with Gasteiger partial charge in [-0.2, -0.15) is 0 Å². The van der Waals surface area contributed by atoms with Crippen LogP contribution in [0, 0.1) is 0 Å². The molecular formula is C23H21Cl2NO5S. The van der Waals surface area contributed by atoms with Gasteiger partial charge in [-0.15, -0.1) is 11.3 Å². The van der Waals surface area contributed by atoms with Gasteiger partial charge >= 0.3 is 5.97 Å². The minimum Gasteiger partial charge on any atom is -0.493 e. The second-order valence-corrected chi connectivity index (χ2v) is 8.34. The number of thiophene rings is 1. The van der Waals surface area contributed by atoms with Gasteiger partial charge in [0, 0.05) is 16.5 Å². The highest BCUT2D eigenvalue weighted by atomic mass is 35.5. The molecule has 32 heavy (non-hydrogen) atoms. The number of esters is 1. The first-order valence-electron chi connectivity index (χ1n) is 9.67. The van der Waals surface area contributed by atoms with Crippen LogP contribution in [0.15, 0.2) is 41.8 Å². The van der Waals surface area contributed by atoms with E-state index in [1.165, 1.54) is 25.6 Å². The van der Waals surface area contributed by atoms with Crippen LogP contribution >= 0.6 is 34.5 Å². The van der Waals surface area contributed by atoms with Crippen molar-refractivity contribution in [1.82, 2.24) is 0 Å². The summed E-state index contributed by atoms with van der Waals surface area (Å²) in [5.74, 6) is -0.00821. The van der Waals surface area contributed by atoms with Gasteiger partial charge in [0.1, 0.15) is 10.6 Å². The molecule has 0 unspecified atom stereocenters. The van der Waals surface area contributed by atoms with Gasteiger partial charge in [-0.1, -0.05) is 36.2 Å². The molecule has 1 amide bonds. The van der Waals surface area contributed by atoms with Crippen molar-refractivity contribution < 1.29 is 23.8 Å². The third-order valence-electron chi connectivity index (χ3n) is 4.54. The van der Waals surface area contributed by atoms with Crippen LogP contribution in [-0.4, -0.2) is 32.7 Å². The van der Waals surface area contributed by atoms with Gasteiger partial charge in [0.25, 0.3) is 5.91 Å². The number of halogens is 2. The Bertz CT molecular complexity index is 1150. The molecule has 2 aromatic carbocycles. The summed E-state index contributed by atoms with van der Waals surface area (Å²) in [5.41, 5.74) is 1.89. The highest BCUT2D eigenvalue weighted by Crippen LogP contribution is 2.39. The summed E-state index contributed by atoms with van der Waals surface area (Å²) in [7, 11) is 3.01. The lowest BCUT2D eigenvalue weighted by atomic mass is 10.0. The third kappa shape index (κ3) is 5.18. The van der Waals surface area contributed by atoms with Gasteiger partial charge in [0.05, 0.1) is 30.9 Å². The minimum absolute atomic E-state index is 0.260. The zero-order chi connectivity index (χ0) is 23.3. The molecule has 9 heteroatoms. The van der Waals surface area contributed by atoms with Crippen molar-refractivity contribution in [3.8, 4) is 22.6 Å². The second kappa shape index (κ2) is 10.7. The Morgan fingerprint density at radius 3 is 2.41 bits per heavy atom. The molecule has 0 aliphatic carbocycles. The molecule has 0 radical (unpaired) electrons. The summed E-state index contributed by atoms with van der Waals surface area (Å²) in [4.78, 5) is 25.8. The number of carbonyl (C=O) groups excluding carboxylic acids is 2. The van der Waals surface area contributed by atoms with Crippen LogP contribution in [-0.2, 0) is 4.74 Å². The normalized spacial score (nSPS) is 10.5. The monoisotopic (exact) mass is 493 g/mol. The largest absolute Gasteiger partial charge is 0.493 e. The van der Waals surface area contributed by atoms with Crippen molar-refractivity contribution >= 4 is 51.4 Å². The van der Waals surface area contributed by atoms with E-state index in [-0.39, 0.29) is 12.2 Å². The average molecular weight is 494 g/mol. The first-order chi connectivity index (χ1) is 15.4. The number of nitrogens with one attached hydrogen (secondary N) is 1. The molecule has 0 atom stereocenters. The maximum Gasteiger partial charge on any atom is 0.341 e. The molecule has 0 aliphatic heterocycles. The van der Waals surface area contributed by atoms with Crippen molar-refractivity contribution in [1.29, 1.82) is 0 Å². The van der Waals surface area contributed by atoms with Crippen molar-refractivity contribution in [3.05, 3.63) is 63.0 Å². The Kier molecular flexibility index (Phi) is 8.01. The topological polar surface area (TPSA) is 73.9 Å². The van der Waals surface area contributed by atoms with E-state index in [0.29, 0.717) is 49.7 Å². The fraction of sp³-hybridized carbons (Fsp3) is 0.217. The van der Waals surface area contributed by atoms with Crippen LogP contribution in [0.4, 0.5) is 5.00 Å². The molecule has 0 bridgehead atoms. The van der Waals surface area contributed by atoms with Crippen LogP contribution in [0.3, 0.4) is 0 Å². The predicted molar refractivity (Wildman–Crippen MR) is 128 cm³/mol. The van der Waals surface area contributed by atoms with Crippen LogP contribution in [0.1, 0.15) is 34.1 Å². The summed E-state index contributed by atoms with van der Waals surface area (Å²) in [5, 5.41) is 5.72. The zero-order valence-corrected chi connectivity index (χ0v) is 20.0. The predicted octanol–water partition coefficient (Wildman–Crippen LogP) is 6.56. The van der Waals surface area contributed by atoms with Crippen LogP contribution < -0.4 is 14.8 Å². The van der Waals surface area contributed by atoms with Crippen LogP contribution in [0.5, 0.6) is 11.5 Å². The molecule has 1 heterocycles. The molecule has 0 saturated heterocycles. The van der Waals surface area contributed by atoms with Gasteiger partial charge < -0.3 is 19.5 Å². The highest BCUT2D eigenvalue weighted by molar-refractivity contribution is 7.15. The lowest BCUT2D eigenvalue weighted by Crippen LogP contribution is -2.15.